The van der Waals surface area contributed by atoms with Crippen LogP contribution in [0.4, 0.5) is 5.69 Å². The summed E-state index contributed by atoms with van der Waals surface area (Å²) in [5.74, 6) is 0.0415. The van der Waals surface area contributed by atoms with Crippen molar-refractivity contribution in [2.24, 2.45) is 0 Å². The van der Waals surface area contributed by atoms with E-state index in [1.165, 1.54) is 0 Å². The molecule has 1 fully saturated rings. The second-order valence-corrected chi connectivity index (χ2v) is 5.43. The molecule has 3 nitrogen and oxygen atoms in total. The number of hydrogen-bond acceptors (Lipinski definition) is 2. The maximum Gasteiger partial charge on any atom is 0.228 e. The van der Waals surface area contributed by atoms with Crippen LogP contribution in [-0.2, 0) is 4.79 Å². The van der Waals surface area contributed by atoms with Crippen LogP contribution in [-0.4, -0.2) is 22.8 Å². The Morgan fingerprint density at radius 1 is 1.47 bits per heavy atom. The third-order valence-electron chi connectivity index (χ3n) is 2.16. The van der Waals surface area contributed by atoms with Gasteiger partial charge in [0.15, 0.2) is 0 Å². The van der Waals surface area contributed by atoms with Crippen molar-refractivity contribution in [2.75, 3.05) is 11.4 Å². The van der Waals surface area contributed by atoms with Crippen LogP contribution in [0.2, 0.25) is 0 Å². The maximum atomic E-state index is 11.6. The summed E-state index contributed by atoms with van der Waals surface area (Å²) in [7, 11) is 0. The van der Waals surface area contributed by atoms with Gasteiger partial charge in [-0.05, 0) is 44.0 Å². The number of hydrogen-bond donors (Lipinski definition) is 0. The average molecular weight is 354 g/mol. The molecule has 80 valence electrons. The molecule has 0 aliphatic carbocycles. The highest BCUT2D eigenvalue weighted by atomic mass is 79.9. The molecule has 1 aliphatic rings. The molecule has 0 aromatic carbocycles. The van der Waals surface area contributed by atoms with Crippen molar-refractivity contribution in [2.45, 2.75) is 11.8 Å². The molecule has 1 unspecified atom stereocenters. The molecule has 1 atom stereocenters. The third-order valence-corrected chi connectivity index (χ3v) is 3.48. The number of anilines is 1. The zero-order valence-electron chi connectivity index (χ0n) is 7.58. The first-order valence-electron chi connectivity index (χ1n) is 4.34. The Hall–Kier alpha value is -0.130. The Labute approximate surface area is 109 Å². The van der Waals surface area contributed by atoms with Crippen molar-refractivity contribution in [3.63, 3.8) is 0 Å². The minimum Gasteiger partial charge on any atom is -0.308 e. The number of aromatic nitrogens is 1. The van der Waals surface area contributed by atoms with Gasteiger partial charge in [-0.1, -0.05) is 0 Å². The second-order valence-electron chi connectivity index (χ2n) is 3.25. The summed E-state index contributed by atoms with van der Waals surface area (Å²) in [5.41, 5.74) is 0.770. The van der Waals surface area contributed by atoms with Crippen LogP contribution in [0.3, 0.4) is 0 Å². The summed E-state index contributed by atoms with van der Waals surface area (Å²) < 4.78 is 1.38. The number of nitrogens with zero attached hydrogens (tertiary/aromatic N) is 2. The highest BCUT2D eigenvalue weighted by Crippen LogP contribution is 2.30. The number of carbonyl (C=O) groups excluding carboxylic acids is 1. The predicted octanol–water partition coefficient (Wildman–Crippen LogP) is 2.95. The van der Waals surface area contributed by atoms with Gasteiger partial charge in [0.1, 0.15) is 9.21 Å². The molecule has 0 bridgehead atoms. The number of pyridine rings is 1. The lowest BCUT2D eigenvalue weighted by molar-refractivity contribution is -0.117. The average Bonchev–Trinajstić information content (AvgIpc) is 2.45. The van der Waals surface area contributed by atoms with Crippen LogP contribution in [0.1, 0.15) is 6.42 Å². The molecular weight excluding hydrogens is 347 g/mol. The van der Waals surface area contributed by atoms with E-state index in [0.717, 1.165) is 10.3 Å². The summed E-state index contributed by atoms with van der Waals surface area (Å²) in [6.45, 7) is 0.544. The lowest BCUT2D eigenvalue weighted by Crippen LogP contribution is -2.25. The van der Waals surface area contributed by atoms with Crippen LogP contribution in [0.25, 0.3) is 0 Å². The molecule has 0 saturated carbocycles. The molecule has 2 heterocycles. The fourth-order valence-corrected chi connectivity index (χ4v) is 2.86. The molecule has 15 heavy (non-hydrogen) atoms. The first-order chi connectivity index (χ1) is 7.08. The maximum absolute atomic E-state index is 11.6. The fraction of sp³-hybridized carbons (Fsp3) is 0.333. The Bertz CT molecular complexity index is 413. The van der Waals surface area contributed by atoms with E-state index in [0.29, 0.717) is 17.6 Å². The highest BCUT2D eigenvalue weighted by molar-refractivity contribution is 9.11. The molecule has 0 radical (unpaired) electrons. The van der Waals surface area contributed by atoms with Gasteiger partial charge in [0.2, 0.25) is 5.91 Å². The molecule has 1 amide bonds. The van der Waals surface area contributed by atoms with Crippen molar-refractivity contribution in [1.82, 2.24) is 4.98 Å². The normalized spacial score (nSPS) is 21.1. The standard InChI is InChI=1S/C9H7Br2ClN2O/c10-7-2-1-6(9(11)13-7)14-4-5(12)3-8(14)15/h1-2,5H,3-4H2. The zero-order chi connectivity index (χ0) is 11.0. The van der Waals surface area contributed by atoms with Crippen LogP contribution in [0, 0.1) is 0 Å². The summed E-state index contributed by atoms with van der Waals surface area (Å²) in [4.78, 5) is 17.4. The predicted molar refractivity (Wildman–Crippen MR) is 66.2 cm³/mol. The van der Waals surface area contributed by atoms with E-state index < -0.39 is 0 Å². The van der Waals surface area contributed by atoms with E-state index in [2.05, 4.69) is 36.8 Å². The van der Waals surface area contributed by atoms with Crippen molar-refractivity contribution in [3.8, 4) is 0 Å². The van der Waals surface area contributed by atoms with E-state index >= 15 is 0 Å². The SMILES string of the molecule is O=C1CC(Cl)CN1c1ccc(Br)nc1Br. The Morgan fingerprint density at radius 3 is 2.73 bits per heavy atom. The highest BCUT2D eigenvalue weighted by Gasteiger charge is 2.30. The first kappa shape index (κ1) is 11.4. The fourth-order valence-electron chi connectivity index (χ4n) is 1.50. The number of rotatable bonds is 1. The molecule has 1 aliphatic heterocycles. The molecule has 2 rings (SSSR count). The molecule has 0 spiro atoms. The van der Waals surface area contributed by atoms with Gasteiger partial charge in [-0.3, -0.25) is 4.79 Å². The Kier molecular flexibility index (Phi) is 3.33. The van der Waals surface area contributed by atoms with Gasteiger partial charge in [-0.15, -0.1) is 11.6 Å². The molecular formula is C9H7Br2ClN2O. The monoisotopic (exact) mass is 352 g/mol. The number of carbonyl (C=O) groups is 1. The largest absolute Gasteiger partial charge is 0.308 e. The van der Waals surface area contributed by atoms with Gasteiger partial charge in [-0.25, -0.2) is 4.98 Å². The van der Waals surface area contributed by atoms with Gasteiger partial charge < -0.3 is 4.90 Å². The van der Waals surface area contributed by atoms with Crippen LogP contribution < -0.4 is 4.90 Å². The Morgan fingerprint density at radius 2 is 2.20 bits per heavy atom. The topological polar surface area (TPSA) is 33.2 Å². The minimum absolute atomic E-state index is 0.0415. The van der Waals surface area contributed by atoms with Crippen molar-refractivity contribution in [1.29, 1.82) is 0 Å². The van der Waals surface area contributed by atoms with Crippen LogP contribution in [0.15, 0.2) is 21.3 Å². The summed E-state index contributed by atoms with van der Waals surface area (Å²) >= 11 is 12.5. The molecule has 1 saturated heterocycles. The smallest absolute Gasteiger partial charge is 0.228 e. The van der Waals surface area contributed by atoms with Crippen molar-refractivity contribution >= 4 is 55.1 Å². The van der Waals surface area contributed by atoms with Gasteiger partial charge in [-0.2, -0.15) is 0 Å². The van der Waals surface area contributed by atoms with E-state index in [1.807, 2.05) is 6.07 Å². The van der Waals surface area contributed by atoms with Crippen molar-refractivity contribution < 1.29 is 4.79 Å². The molecule has 0 N–H and O–H groups in total. The quantitative estimate of drug-likeness (QED) is 0.574. The second kappa shape index (κ2) is 4.39. The van der Waals surface area contributed by atoms with Crippen LogP contribution in [0.5, 0.6) is 0 Å². The lowest BCUT2D eigenvalue weighted by Gasteiger charge is -2.16. The van der Waals surface area contributed by atoms with Gasteiger partial charge in [0.25, 0.3) is 0 Å². The summed E-state index contributed by atoms with van der Waals surface area (Å²) in [6, 6.07) is 3.64. The number of amides is 1. The molecule has 1 aromatic rings. The Balaban J connectivity index is 2.34. The third kappa shape index (κ3) is 2.34. The molecule has 6 heteroatoms. The number of halogens is 3. The molecule has 1 aromatic heterocycles. The summed E-state index contributed by atoms with van der Waals surface area (Å²) in [5, 5.41) is -0.104. The van der Waals surface area contributed by atoms with Gasteiger partial charge in [0, 0.05) is 13.0 Å². The zero-order valence-corrected chi connectivity index (χ0v) is 11.5. The number of alkyl halides is 1. The van der Waals surface area contributed by atoms with Gasteiger partial charge in [0.05, 0.1) is 11.1 Å². The van der Waals surface area contributed by atoms with Crippen molar-refractivity contribution in [3.05, 3.63) is 21.3 Å². The van der Waals surface area contributed by atoms with E-state index in [-0.39, 0.29) is 11.3 Å². The minimum atomic E-state index is -0.104. The van der Waals surface area contributed by atoms with Crippen LogP contribution >= 0.6 is 43.5 Å². The summed E-state index contributed by atoms with van der Waals surface area (Å²) in [6.07, 6.45) is 0.393. The van der Waals surface area contributed by atoms with Gasteiger partial charge >= 0.3 is 0 Å². The van der Waals surface area contributed by atoms with E-state index in [9.17, 15) is 4.79 Å². The first-order valence-corrected chi connectivity index (χ1v) is 6.36. The van der Waals surface area contributed by atoms with E-state index in [1.54, 1.807) is 11.0 Å². The lowest BCUT2D eigenvalue weighted by atomic mass is 10.4. The van der Waals surface area contributed by atoms with E-state index in [4.69, 9.17) is 11.6 Å².